The number of hydrogen-bond donors (Lipinski definition) is 2. The summed E-state index contributed by atoms with van der Waals surface area (Å²) in [5.41, 5.74) is 1.86. The molecule has 0 bridgehead atoms. The summed E-state index contributed by atoms with van der Waals surface area (Å²) < 4.78 is 12.8. The minimum atomic E-state index is -0.297. The van der Waals surface area contributed by atoms with Gasteiger partial charge in [-0.25, -0.2) is 9.67 Å². The topological polar surface area (TPSA) is 111 Å². The third kappa shape index (κ3) is 4.42. The molecule has 0 saturated heterocycles. The predicted octanol–water partition coefficient (Wildman–Crippen LogP) is 2.85. The molecule has 3 heterocycles. The Kier molecular flexibility index (Phi) is 5.74. The Hall–Kier alpha value is -3.79. The number of carbonyl (C=O) groups is 1. The average molecular weight is 464 g/mol. The molecule has 2 aromatic carbocycles. The molecule has 33 heavy (non-hydrogen) atoms. The Morgan fingerprint density at radius 3 is 2.79 bits per heavy atom. The third-order valence-corrected chi connectivity index (χ3v) is 6.07. The third-order valence-electron chi connectivity index (χ3n) is 5.20. The van der Waals surface area contributed by atoms with E-state index in [1.165, 1.54) is 6.20 Å². The van der Waals surface area contributed by atoms with Crippen molar-refractivity contribution in [1.82, 2.24) is 25.1 Å². The number of carbonyl (C=O) groups excluding carboxylic acids is 1. The number of rotatable bonds is 6. The van der Waals surface area contributed by atoms with E-state index in [9.17, 15) is 9.59 Å². The molecule has 1 unspecified atom stereocenters. The molecule has 4 aromatic rings. The fraction of sp³-hybridized carbons (Fsp3) is 0.217. The molecule has 0 saturated carbocycles. The molecule has 1 amide bonds. The molecule has 0 radical (unpaired) electrons. The number of aromatic nitrogens is 4. The second-order valence-corrected chi connectivity index (χ2v) is 8.45. The van der Waals surface area contributed by atoms with E-state index in [-0.39, 0.29) is 23.3 Å². The quantitative estimate of drug-likeness (QED) is 0.334. The van der Waals surface area contributed by atoms with Crippen LogP contribution < -0.4 is 20.3 Å². The number of amides is 1. The summed E-state index contributed by atoms with van der Waals surface area (Å²) in [5, 5.41) is 8.00. The van der Waals surface area contributed by atoms with E-state index in [0.29, 0.717) is 40.9 Å². The summed E-state index contributed by atoms with van der Waals surface area (Å²) in [7, 11) is 0. The van der Waals surface area contributed by atoms with Gasteiger partial charge in [-0.15, -0.1) is 0 Å². The normalized spacial score (nSPS) is 13.6. The Bertz CT molecular complexity index is 1370. The van der Waals surface area contributed by atoms with E-state index in [2.05, 4.69) is 20.4 Å². The van der Waals surface area contributed by atoms with Crippen LogP contribution in [0.3, 0.4) is 0 Å². The Labute approximate surface area is 193 Å². The van der Waals surface area contributed by atoms with Gasteiger partial charge in [0.15, 0.2) is 22.3 Å². The van der Waals surface area contributed by atoms with Crippen LogP contribution in [0.25, 0.3) is 16.7 Å². The maximum atomic E-state index is 12.6. The van der Waals surface area contributed by atoms with E-state index < -0.39 is 0 Å². The number of fused-ring (bicyclic) bond motifs is 2. The highest BCUT2D eigenvalue weighted by Gasteiger charge is 2.17. The first kappa shape index (κ1) is 21.1. The Morgan fingerprint density at radius 1 is 1.18 bits per heavy atom. The lowest BCUT2D eigenvalue weighted by atomic mass is 10.1. The first-order valence-corrected chi connectivity index (χ1v) is 11.4. The van der Waals surface area contributed by atoms with Crippen LogP contribution in [0, 0.1) is 0 Å². The molecule has 2 aromatic heterocycles. The number of H-pyrrole nitrogens is 1. The molecule has 0 fully saturated rings. The van der Waals surface area contributed by atoms with Crippen LogP contribution in [-0.4, -0.2) is 44.6 Å². The van der Waals surface area contributed by atoms with Crippen molar-refractivity contribution in [3.8, 4) is 17.2 Å². The van der Waals surface area contributed by atoms with E-state index in [0.717, 1.165) is 23.0 Å². The highest BCUT2D eigenvalue weighted by molar-refractivity contribution is 7.99. The van der Waals surface area contributed by atoms with Crippen molar-refractivity contribution in [3.05, 3.63) is 70.6 Å². The zero-order valence-corrected chi connectivity index (χ0v) is 18.6. The van der Waals surface area contributed by atoms with Gasteiger partial charge in [0.05, 0.1) is 23.7 Å². The summed E-state index contributed by atoms with van der Waals surface area (Å²) in [6.45, 7) is 2.94. The smallest absolute Gasteiger partial charge is 0.262 e. The van der Waals surface area contributed by atoms with Gasteiger partial charge < -0.3 is 19.8 Å². The lowest BCUT2D eigenvalue weighted by Gasteiger charge is -2.21. The predicted molar refractivity (Wildman–Crippen MR) is 124 cm³/mol. The number of nitrogens with zero attached hydrogens (tertiary/aromatic N) is 3. The molecule has 1 atom stereocenters. The molecule has 0 aliphatic carbocycles. The maximum Gasteiger partial charge on any atom is 0.262 e. The van der Waals surface area contributed by atoms with Crippen LogP contribution in [0.2, 0.25) is 0 Å². The van der Waals surface area contributed by atoms with Gasteiger partial charge >= 0.3 is 0 Å². The van der Waals surface area contributed by atoms with Gasteiger partial charge in [0, 0.05) is 0 Å². The lowest BCUT2D eigenvalue weighted by Crippen LogP contribution is -2.28. The maximum absolute atomic E-state index is 12.6. The van der Waals surface area contributed by atoms with Gasteiger partial charge in [0.2, 0.25) is 5.91 Å². The number of nitrogens with one attached hydrogen (secondary N) is 2. The summed E-state index contributed by atoms with van der Waals surface area (Å²) in [4.78, 5) is 32.3. The van der Waals surface area contributed by atoms with Crippen LogP contribution in [0.15, 0.2) is 64.7 Å². The molecule has 5 rings (SSSR count). The highest BCUT2D eigenvalue weighted by atomic mass is 32.2. The monoisotopic (exact) mass is 463 g/mol. The van der Waals surface area contributed by atoms with E-state index in [4.69, 9.17) is 9.47 Å². The molecule has 0 spiro atoms. The van der Waals surface area contributed by atoms with E-state index in [1.807, 2.05) is 55.5 Å². The summed E-state index contributed by atoms with van der Waals surface area (Å²) >= 11 is 1.16. The second kappa shape index (κ2) is 8.99. The fourth-order valence-electron chi connectivity index (χ4n) is 3.55. The summed E-state index contributed by atoms with van der Waals surface area (Å²) in [6.07, 6.45) is 1.49. The number of benzene rings is 2. The zero-order valence-electron chi connectivity index (χ0n) is 17.8. The standard InChI is InChI=1S/C23H21N5O4S/c1-14(15-7-8-18-19(11-15)32-10-9-31-18)25-20(29)13-33-23-26-21-17(22(30)27-23)12-24-28(21)16-5-3-2-4-6-16/h2-8,11-12,14H,9-10,13H2,1H3,(H,25,29)(H,26,27,30). The van der Waals surface area contributed by atoms with Crippen molar-refractivity contribution >= 4 is 28.7 Å². The summed E-state index contributed by atoms with van der Waals surface area (Å²) in [6, 6.07) is 14.9. The van der Waals surface area contributed by atoms with Gasteiger partial charge in [-0.2, -0.15) is 5.10 Å². The molecule has 1 aliphatic heterocycles. The number of thioether (sulfide) groups is 1. The van der Waals surface area contributed by atoms with E-state index in [1.54, 1.807) is 4.68 Å². The highest BCUT2D eigenvalue weighted by Crippen LogP contribution is 2.32. The lowest BCUT2D eigenvalue weighted by molar-refractivity contribution is -0.119. The summed E-state index contributed by atoms with van der Waals surface area (Å²) in [5.74, 6) is 1.31. The average Bonchev–Trinajstić information content (AvgIpc) is 3.27. The van der Waals surface area contributed by atoms with Crippen molar-refractivity contribution in [2.75, 3.05) is 19.0 Å². The zero-order chi connectivity index (χ0) is 22.8. The first-order valence-electron chi connectivity index (χ1n) is 10.4. The molecule has 9 nitrogen and oxygen atoms in total. The molecular formula is C23H21N5O4S. The van der Waals surface area contributed by atoms with Gasteiger partial charge in [-0.3, -0.25) is 9.59 Å². The molecule has 10 heteroatoms. The van der Waals surface area contributed by atoms with E-state index >= 15 is 0 Å². The van der Waals surface area contributed by atoms with Crippen molar-refractivity contribution in [1.29, 1.82) is 0 Å². The number of hydrogen-bond acceptors (Lipinski definition) is 7. The number of para-hydroxylation sites is 1. The minimum absolute atomic E-state index is 0.100. The molecule has 1 aliphatic rings. The Balaban J connectivity index is 1.27. The first-order chi connectivity index (χ1) is 16.1. The minimum Gasteiger partial charge on any atom is -0.486 e. The molecule has 168 valence electrons. The number of aromatic amines is 1. The van der Waals surface area contributed by atoms with Crippen LogP contribution in [0.4, 0.5) is 0 Å². The largest absolute Gasteiger partial charge is 0.486 e. The second-order valence-electron chi connectivity index (χ2n) is 7.48. The SMILES string of the molecule is CC(NC(=O)CSc1nc2c(cnn2-c2ccccc2)c(=O)[nH]1)c1ccc2c(c1)OCCO2. The van der Waals surface area contributed by atoms with Gasteiger partial charge in [-0.05, 0) is 36.8 Å². The fourth-order valence-corrected chi connectivity index (χ4v) is 4.22. The Morgan fingerprint density at radius 2 is 1.97 bits per heavy atom. The van der Waals surface area contributed by atoms with Gasteiger partial charge in [-0.1, -0.05) is 36.0 Å². The molecular weight excluding hydrogens is 442 g/mol. The van der Waals surface area contributed by atoms with Crippen molar-refractivity contribution < 1.29 is 14.3 Å². The van der Waals surface area contributed by atoms with Crippen LogP contribution in [0.5, 0.6) is 11.5 Å². The van der Waals surface area contributed by atoms with Gasteiger partial charge in [0.25, 0.3) is 5.56 Å². The molecule has 2 N–H and O–H groups in total. The van der Waals surface area contributed by atoms with Crippen molar-refractivity contribution in [2.24, 2.45) is 0 Å². The van der Waals surface area contributed by atoms with Crippen LogP contribution >= 0.6 is 11.8 Å². The van der Waals surface area contributed by atoms with Crippen LogP contribution in [-0.2, 0) is 4.79 Å². The number of ether oxygens (including phenoxy) is 2. The van der Waals surface area contributed by atoms with Crippen molar-refractivity contribution in [2.45, 2.75) is 18.1 Å². The van der Waals surface area contributed by atoms with Crippen LogP contribution in [0.1, 0.15) is 18.5 Å². The van der Waals surface area contributed by atoms with Crippen molar-refractivity contribution in [3.63, 3.8) is 0 Å². The van der Waals surface area contributed by atoms with Gasteiger partial charge in [0.1, 0.15) is 18.6 Å².